The van der Waals surface area contributed by atoms with Crippen molar-refractivity contribution in [2.45, 2.75) is 25.7 Å². The summed E-state index contributed by atoms with van der Waals surface area (Å²) < 4.78 is 0. The zero-order chi connectivity index (χ0) is 10.1. The topological polar surface area (TPSA) is 86.6 Å². The van der Waals surface area contributed by atoms with E-state index in [0.717, 1.165) is 12.8 Å². The van der Waals surface area contributed by atoms with Gasteiger partial charge in [-0.2, -0.15) is 0 Å². The monoisotopic (exact) mass is 189 g/mol. The summed E-state index contributed by atoms with van der Waals surface area (Å²) >= 11 is 0. The maximum atomic E-state index is 10.6. The lowest BCUT2D eigenvalue weighted by molar-refractivity contribution is -0.129. The van der Waals surface area contributed by atoms with Crippen molar-refractivity contribution in [2.75, 3.05) is 13.2 Å². The Hall–Kier alpha value is -0.940. The fourth-order valence-electron chi connectivity index (χ4n) is 0.852. The first kappa shape index (κ1) is 12.1. The highest BCUT2D eigenvalue weighted by Gasteiger charge is 2.11. The molecule has 5 nitrogen and oxygen atoms in total. The van der Waals surface area contributed by atoms with Crippen molar-refractivity contribution in [1.29, 1.82) is 0 Å². The van der Waals surface area contributed by atoms with Crippen molar-refractivity contribution >= 4 is 11.8 Å². The molecule has 1 heterocycles. The molecule has 1 aliphatic heterocycles. The van der Waals surface area contributed by atoms with E-state index in [4.69, 9.17) is 10.2 Å². The largest absolute Gasteiger partial charge is 0.394 e. The second kappa shape index (κ2) is 7.70. The van der Waals surface area contributed by atoms with Crippen LogP contribution in [0.25, 0.3) is 0 Å². The van der Waals surface area contributed by atoms with E-state index in [2.05, 4.69) is 5.32 Å². The molecule has 0 aromatic heterocycles. The fraction of sp³-hybridized carbons (Fsp3) is 0.750. The molecule has 0 saturated carbocycles. The Balaban J connectivity index is 0.000000310. The number of aliphatic hydroxyl groups is 2. The van der Waals surface area contributed by atoms with Crippen molar-refractivity contribution in [3.8, 4) is 0 Å². The van der Waals surface area contributed by atoms with Crippen molar-refractivity contribution in [2.24, 2.45) is 0 Å². The molecule has 0 atom stereocenters. The van der Waals surface area contributed by atoms with E-state index in [-0.39, 0.29) is 25.0 Å². The number of imide groups is 1. The van der Waals surface area contributed by atoms with Gasteiger partial charge in [-0.05, 0) is 12.8 Å². The van der Waals surface area contributed by atoms with Gasteiger partial charge in [0, 0.05) is 12.8 Å². The predicted molar refractivity (Wildman–Crippen MR) is 45.8 cm³/mol. The second-order valence-electron chi connectivity index (χ2n) is 2.63. The van der Waals surface area contributed by atoms with Crippen molar-refractivity contribution < 1.29 is 19.8 Å². The quantitative estimate of drug-likeness (QED) is 0.470. The summed E-state index contributed by atoms with van der Waals surface area (Å²) in [5, 5.41) is 17.5. The van der Waals surface area contributed by atoms with Crippen LogP contribution in [-0.4, -0.2) is 35.2 Å². The molecule has 0 aromatic rings. The van der Waals surface area contributed by atoms with E-state index in [0.29, 0.717) is 12.8 Å². The molecule has 5 heteroatoms. The summed E-state index contributed by atoms with van der Waals surface area (Å²) in [6, 6.07) is 0. The third-order valence-electron chi connectivity index (χ3n) is 1.44. The number of hydrogen-bond acceptors (Lipinski definition) is 4. The molecule has 1 rings (SSSR count). The van der Waals surface area contributed by atoms with Gasteiger partial charge in [-0.3, -0.25) is 14.9 Å². The number of aliphatic hydroxyl groups excluding tert-OH is 2. The second-order valence-corrected chi connectivity index (χ2v) is 2.63. The zero-order valence-electron chi connectivity index (χ0n) is 7.45. The minimum Gasteiger partial charge on any atom is -0.394 e. The van der Waals surface area contributed by atoms with Crippen LogP contribution in [0.1, 0.15) is 25.7 Å². The normalized spacial score (nSPS) is 16.8. The minimum atomic E-state index is -0.127. The third-order valence-corrected chi connectivity index (χ3v) is 1.44. The fourth-order valence-corrected chi connectivity index (χ4v) is 0.852. The molecule has 1 saturated heterocycles. The average molecular weight is 189 g/mol. The molecule has 0 aromatic carbocycles. The predicted octanol–water partition coefficient (Wildman–Crippen LogP) is -0.826. The maximum absolute atomic E-state index is 10.6. The van der Waals surface area contributed by atoms with E-state index in [1.807, 2.05) is 0 Å². The minimum absolute atomic E-state index is 0.125. The van der Waals surface area contributed by atoms with Crippen molar-refractivity contribution in [1.82, 2.24) is 5.32 Å². The third kappa shape index (κ3) is 7.42. The first-order valence-corrected chi connectivity index (χ1v) is 4.25. The molecule has 0 radical (unpaired) electrons. The van der Waals surface area contributed by atoms with Crippen LogP contribution in [-0.2, 0) is 9.59 Å². The van der Waals surface area contributed by atoms with Gasteiger partial charge in [-0.25, -0.2) is 0 Å². The molecule has 0 unspecified atom stereocenters. The lowest BCUT2D eigenvalue weighted by Gasteiger charge is -1.93. The van der Waals surface area contributed by atoms with Crippen LogP contribution in [0, 0.1) is 0 Å². The molecule has 0 bridgehead atoms. The highest BCUT2D eigenvalue weighted by molar-refractivity contribution is 5.95. The smallest absolute Gasteiger partial charge is 0.226 e. The Morgan fingerprint density at radius 2 is 1.38 bits per heavy atom. The molecular weight excluding hydrogens is 174 g/mol. The lowest BCUT2D eigenvalue weighted by atomic mass is 10.2. The van der Waals surface area contributed by atoms with Crippen LogP contribution in [0.4, 0.5) is 0 Å². The molecule has 3 N–H and O–H groups in total. The van der Waals surface area contributed by atoms with Gasteiger partial charge < -0.3 is 10.2 Å². The standard InChI is InChI=1S/C6H9NO2.C2H6O2/c8-5-3-1-2-4-6(9)7-5;3-1-2-4/h1-4H2,(H,7,8,9);3-4H,1-2H2. The summed E-state index contributed by atoms with van der Waals surface area (Å²) in [6.45, 7) is -0.250. The van der Waals surface area contributed by atoms with Gasteiger partial charge >= 0.3 is 0 Å². The number of hydrogen-bond donors (Lipinski definition) is 3. The van der Waals surface area contributed by atoms with Gasteiger partial charge in [0.05, 0.1) is 13.2 Å². The van der Waals surface area contributed by atoms with E-state index >= 15 is 0 Å². The molecule has 1 fully saturated rings. The van der Waals surface area contributed by atoms with Gasteiger partial charge in [-0.15, -0.1) is 0 Å². The van der Waals surface area contributed by atoms with Crippen LogP contribution in [0.15, 0.2) is 0 Å². The molecule has 0 spiro atoms. The van der Waals surface area contributed by atoms with Crippen LogP contribution in [0.2, 0.25) is 0 Å². The molecule has 0 aliphatic carbocycles. The summed E-state index contributed by atoms with van der Waals surface area (Å²) in [5.41, 5.74) is 0. The van der Waals surface area contributed by atoms with Gasteiger partial charge in [0.15, 0.2) is 0 Å². The Kier molecular flexibility index (Phi) is 7.14. The molecule has 2 amide bonds. The number of nitrogens with one attached hydrogen (secondary N) is 1. The summed E-state index contributed by atoms with van der Waals surface area (Å²) in [4.78, 5) is 21.1. The zero-order valence-corrected chi connectivity index (χ0v) is 7.45. The number of rotatable bonds is 1. The Morgan fingerprint density at radius 1 is 1.00 bits per heavy atom. The maximum Gasteiger partial charge on any atom is 0.226 e. The van der Waals surface area contributed by atoms with Gasteiger partial charge in [-0.1, -0.05) is 0 Å². The van der Waals surface area contributed by atoms with Crippen molar-refractivity contribution in [3.05, 3.63) is 0 Å². The van der Waals surface area contributed by atoms with E-state index < -0.39 is 0 Å². The Morgan fingerprint density at radius 3 is 1.69 bits per heavy atom. The SMILES string of the molecule is O=C1CCCCC(=O)N1.OCCO. The molecular formula is C8H15NO4. The summed E-state index contributed by atoms with van der Waals surface area (Å²) in [5.74, 6) is -0.255. The van der Waals surface area contributed by atoms with Crippen LogP contribution in [0.5, 0.6) is 0 Å². The van der Waals surface area contributed by atoms with E-state index in [9.17, 15) is 9.59 Å². The van der Waals surface area contributed by atoms with Gasteiger partial charge in [0.2, 0.25) is 11.8 Å². The molecule has 1 aliphatic rings. The highest BCUT2D eigenvalue weighted by atomic mass is 16.3. The molecule has 76 valence electrons. The Bertz CT molecular complexity index is 152. The van der Waals surface area contributed by atoms with Gasteiger partial charge in [0.25, 0.3) is 0 Å². The summed E-state index contributed by atoms with van der Waals surface area (Å²) in [6.07, 6.45) is 2.70. The van der Waals surface area contributed by atoms with E-state index in [1.165, 1.54) is 0 Å². The van der Waals surface area contributed by atoms with Crippen LogP contribution < -0.4 is 5.32 Å². The first-order chi connectivity index (χ1) is 6.20. The van der Waals surface area contributed by atoms with Crippen LogP contribution in [0.3, 0.4) is 0 Å². The highest BCUT2D eigenvalue weighted by Crippen LogP contribution is 2.03. The van der Waals surface area contributed by atoms with Crippen LogP contribution >= 0.6 is 0 Å². The molecule has 13 heavy (non-hydrogen) atoms. The van der Waals surface area contributed by atoms with Crippen molar-refractivity contribution in [3.63, 3.8) is 0 Å². The number of amides is 2. The average Bonchev–Trinajstić information content (AvgIpc) is 2.30. The summed E-state index contributed by atoms with van der Waals surface area (Å²) in [7, 11) is 0. The number of carbonyl (C=O) groups is 2. The Labute approximate surface area is 76.8 Å². The number of carbonyl (C=O) groups excluding carboxylic acids is 2. The first-order valence-electron chi connectivity index (χ1n) is 4.25. The van der Waals surface area contributed by atoms with E-state index in [1.54, 1.807) is 0 Å². The lowest BCUT2D eigenvalue weighted by Crippen LogP contribution is -2.27. The van der Waals surface area contributed by atoms with Gasteiger partial charge in [0.1, 0.15) is 0 Å².